The Morgan fingerprint density at radius 2 is 1.93 bits per heavy atom. The zero-order valence-electron chi connectivity index (χ0n) is 17.0. The number of likely N-dealkylation sites (tertiary alicyclic amines) is 1. The zero-order chi connectivity index (χ0) is 20.7. The Hall–Kier alpha value is -2.89. The highest BCUT2D eigenvalue weighted by Gasteiger charge is 2.46. The van der Waals surface area contributed by atoms with Gasteiger partial charge in [-0.2, -0.15) is 0 Å². The number of aromatic nitrogens is 1. The molecule has 2 aliphatic rings. The van der Waals surface area contributed by atoms with Gasteiger partial charge in [0, 0.05) is 20.1 Å². The van der Waals surface area contributed by atoms with Gasteiger partial charge in [-0.1, -0.05) is 37.3 Å². The van der Waals surface area contributed by atoms with Crippen LogP contribution in [-0.2, 0) is 16.6 Å². The number of nitrogens with zero attached hydrogens (tertiary/aromatic N) is 2. The van der Waals surface area contributed by atoms with Crippen molar-refractivity contribution in [1.29, 1.82) is 0 Å². The van der Waals surface area contributed by atoms with Crippen LogP contribution >= 0.6 is 0 Å². The zero-order valence-corrected chi connectivity index (χ0v) is 17.0. The SMILES string of the molecule is CCOC(=O)[C@@H]1[C@H]2CN(C(=O)c3cc4ccccc4n(C)c3=O)C[C@@H]2C=C[C@@H]1C. The Kier molecular flexibility index (Phi) is 5.03. The highest BCUT2D eigenvalue weighted by atomic mass is 16.5. The highest BCUT2D eigenvalue weighted by Crippen LogP contribution is 2.40. The molecule has 1 fully saturated rings. The van der Waals surface area contributed by atoms with Crippen molar-refractivity contribution < 1.29 is 14.3 Å². The number of benzene rings is 1. The minimum atomic E-state index is -0.297. The first kappa shape index (κ1) is 19.4. The Labute approximate surface area is 169 Å². The number of aryl methyl sites for hydroxylation is 1. The summed E-state index contributed by atoms with van der Waals surface area (Å²) in [5.41, 5.74) is 0.673. The second kappa shape index (κ2) is 7.50. The molecule has 0 saturated carbocycles. The average Bonchev–Trinajstić information content (AvgIpc) is 3.14. The van der Waals surface area contributed by atoms with Gasteiger partial charge in [0.15, 0.2) is 0 Å². The van der Waals surface area contributed by atoms with Gasteiger partial charge in [-0.25, -0.2) is 0 Å². The maximum atomic E-state index is 13.3. The molecule has 2 aromatic rings. The van der Waals surface area contributed by atoms with Gasteiger partial charge in [0.2, 0.25) is 0 Å². The quantitative estimate of drug-likeness (QED) is 0.593. The van der Waals surface area contributed by atoms with Crippen molar-refractivity contribution in [2.24, 2.45) is 30.7 Å². The van der Waals surface area contributed by atoms with Gasteiger partial charge in [0.25, 0.3) is 11.5 Å². The van der Waals surface area contributed by atoms with E-state index in [-0.39, 0.29) is 46.7 Å². The molecular weight excluding hydrogens is 368 g/mol. The third kappa shape index (κ3) is 3.26. The maximum absolute atomic E-state index is 13.3. The fourth-order valence-corrected chi connectivity index (χ4v) is 4.80. The van der Waals surface area contributed by atoms with Crippen LogP contribution in [-0.4, -0.2) is 41.0 Å². The molecular formula is C23H26N2O4. The van der Waals surface area contributed by atoms with E-state index in [0.717, 1.165) is 10.9 Å². The molecule has 1 aromatic heterocycles. The standard InChI is InChI=1S/C23H26N2O4/c1-4-29-23(28)20-14(2)9-10-16-12-25(13-18(16)20)22(27)17-11-15-7-5-6-8-19(15)24(3)21(17)26/h5-11,14,16,18,20H,4,12-13H2,1-3H3/t14-,16-,18-,20-/m0/s1. The van der Waals surface area contributed by atoms with Crippen LogP contribution in [0.4, 0.5) is 0 Å². The second-order valence-corrected chi connectivity index (χ2v) is 8.04. The van der Waals surface area contributed by atoms with Gasteiger partial charge in [-0.3, -0.25) is 14.4 Å². The number of allylic oxidation sites excluding steroid dienone is 1. The fraction of sp³-hybridized carbons (Fsp3) is 0.435. The molecule has 1 saturated heterocycles. The first-order valence-corrected chi connectivity index (χ1v) is 10.1. The van der Waals surface area contributed by atoms with Crippen LogP contribution in [0.15, 0.2) is 47.3 Å². The number of pyridine rings is 1. The molecule has 152 valence electrons. The lowest BCUT2D eigenvalue weighted by Gasteiger charge is -2.31. The summed E-state index contributed by atoms with van der Waals surface area (Å²) in [4.78, 5) is 40.3. The van der Waals surface area contributed by atoms with Crippen LogP contribution in [0.5, 0.6) is 0 Å². The summed E-state index contributed by atoms with van der Waals surface area (Å²) in [7, 11) is 1.69. The average molecular weight is 394 g/mol. The molecule has 6 nitrogen and oxygen atoms in total. The van der Waals surface area contributed by atoms with Crippen molar-refractivity contribution in [3.8, 4) is 0 Å². The lowest BCUT2D eigenvalue weighted by atomic mass is 9.72. The molecule has 6 heteroatoms. The van der Waals surface area contributed by atoms with E-state index in [0.29, 0.717) is 19.7 Å². The summed E-state index contributed by atoms with van der Waals surface area (Å²) in [5.74, 6) is -0.540. The summed E-state index contributed by atoms with van der Waals surface area (Å²) in [6, 6.07) is 9.21. The molecule has 29 heavy (non-hydrogen) atoms. The van der Waals surface area contributed by atoms with Crippen molar-refractivity contribution in [2.75, 3.05) is 19.7 Å². The number of rotatable bonds is 3. The van der Waals surface area contributed by atoms with Crippen molar-refractivity contribution in [3.63, 3.8) is 0 Å². The number of fused-ring (bicyclic) bond motifs is 2. The minimum Gasteiger partial charge on any atom is -0.466 e. The fourth-order valence-electron chi connectivity index (χ4n) is 4.80. The van der Waals surface area contributed by atoms with Crippen LogP contribution in [0.1, 0.15) is 24.2 Å². The van der Waals surface area contributed by atoms with Crippen molar-refractivity contribution in [1.82, 2.24) is 9.47 Å². The van der Waals surface area contributed by atoms with Crippen LogP contribution < -0.4 is 5.56 Å². The van der Waals surface area contributed by atoms with Crippen LogP contribution in [0.3, 0.4) is 0 Å². The Balaban J connectivity index is 1.64. The van der Waals surface area contributed by atoms with E-state index in [9.17, 15) is 14.4 Å². The Morgan fingerprint density at radius 1 is 1.17 bits per heavy atom. The molecule has 1 amide bonds. The van der Waals surface area contributed by atoms with Gasteiger partial charge < -0.3 is 14.2 Å². The predicted octanol–water partition coefficient (Wildman–Crippen LogP) is 2.61. The third-order valence-corrected chi connectivity index (χ3v) is 6.31. The maximum Gasteiger partial charge on any atom is 0.309 e. The van der Waals surface area contributed by atoms with E-state index in [4.69, 9.17) is 4.74 Å². The first-order valence-electron chi connectivity index (χ1n) is 10.1. The molecule has 0 unspecified atom stereocenters. The number of esters is 1. The number of hydrogen-bond acceptors (Lipinski definition) is 4. The molecule has 1 aromatic carbocycles. The third-order valence-electron chi connectivity index (χ3n) is 6.31. The van der Waals surface area contributed by atoms with Crippen LogP contribution in [0.25, 0.3) is 10.9 Å². The van der Waals surface area contributed by atoms with Crippen LogP contribution in [0, 0.1) is 23.7 Å². The van der Waals surface area contributed by atoms with Gasteiger partial charge in [0.1, 0.15) is 5.56 Å². The molecule has 0 bridgehead atoms. The normalized spacial score (nSPS) is 25.8. The number of ether oxygens (including phenoxy) is 1. The van der Waals surface area contributed by atoms with E-state index < -0.39 is 0 Å². The van der Waals surface area contributed by atoms with Gasteiger partial charge >= 0.3 is 5.97 Å². The Morgan fingerprint density at radius 3 is 2.69 bits per heavy atom. The smallest absolute Gasteiger partial charge is 0.309 e. The summed E-state index contributed by atoms with van der Waals surface area (Å²) in [5, 5.41) is 0.854. The summed E-state index contributed by atoms with van der Waals surface area (Å²) in [6.07, 6.45) is 4.16. The lowest BCUT2D eigenvalue weighted by molar-refractivity contribution is -0.152. The predicted molar refractivity (Wildman–Crippen MR) is 110 cm³/mol. The van der Waals surface area contributed by atoms with E-state index in [1.165, 1.54) is 4.57 Å². The topological polar surface area (TPSA) is 68.6 Å². The van der Waals surface area contributed by atoms with Crippen molar-refractivity contribution in [2.45, 2.75) is 13.8 Å². The van der Waals surface area contributed by atoms with E-state index >= 15 is 0 Å². The molecule has 0 radical (unpaired) electrons. The second-order valence-electron chi connectivity index (χ2n) is 8.04. The summed E-state index contributed by atoms with van der Waals surface area (Å²) >= 11 is 0. The monoisotopic (exact) mass is 394 g/mol. The molecule has 2 heterocycles. The summed E-state index contributed by atoms with van der Waals surface area (Å²) in [6.45, 7) is 5.13. The number of carbonyl (C=O) groups excluding carboxylic acids is 2. The highest BCUT2D eigenvalue weighted by molar-refractivity contribution is 5.97. The molecule has 4 atom stereocenters. The van der Waals surface area contributed by atoms with E-state index in [2.05, 4.69) is 6.08 Å². The van der Waals surface area contributed by atoms with Gasteiger partial charge in [-0.15, -0.1) is 0 Å². The first-order chi connectivity index (χ1) is 13.9. The molecule has 1 aliphatic carbocycles. The summed E-state index contributed by atoms with van der Waals surface area (Å²) < 4.78 is 6.82. The van der Waals surface area contributed by atoms with Gasteiger partial charge in [-0.05, 0) is 42.2 Å². The molecule has 0 N–H and O–H groups in total. The van der Waals surface area contributed by atoms with Crippen molar-refractivity contribution >= 4 is 22.8 Å². The number of hydrogen-bond donors (Lipinski definition) is 0. The van der Waals surface area contributed by atoms with E-state index in [1.807, 2.05) is 37.3 Å². The lowest BCUT2D eigenvalue weighted by Crippen LogP contribution is -2.38. The molecule has 4 rings (SSSR count). The van der Waals surface area contributed by atoms with Crippen molar-refractivity contribution in [3.05, 3.63) is 58.4 Å². The van der Waals surface area contributed by atoms with E-state index in [1.54, 1.807) is 24.9 Å². The number of carbonyl (C=O) groups is 2. The Bertz CT molecular complexity index is 1050. The van der Waals surface area contributed by atoms with Crippen LogP contribution in [0.2, 0.25) is 0 Å². The molecule has 0 spiro atoms. The number of amides is 1. The minimum absolute atomic E-state index is 0.0160. The largest absolute Gasteiger partial charge is 0.466 e. The molecule has 1 aliphatic heterocycles. The number of para-hydroxylation sites is 1. The van der Waals surface area contributed by atoms with Gasteiger partial charge in [0.05, 0.1) is 18.0 Å².